The number of hydrogen-bond donors (Lipinski definition) is 1. The number of amides is 2. The van der Waals surface area contributed by atoms with Gasteiger partial charge in [0.05, 0.1) is 11.5 Å². The first-order chi connectivity index (χ1) is 20.9. The van der Waals surface area contributed by atoms with E-state index in [0.29, 0.717) is 31.1 Å². The number of anilines is 1. The number of hydrogen-bond acceptors (Lipinski definition) is 5. The lowest BCUT2D eigenvalue weighted by molar-refractivity contribution is -0.132. The molecular weight excluding hydrogens is 534 g/mol. The molecule has 1 unspecified atom stereocenters. The smallest absolute Gasteiger partial charge is 0.252 e. The molecule has 1 N–H and O–H groups in total. The van der Waals surface area contributed by atoms with Gasteiger partial charge in [-0.2, -0.15) is 0 Å². The molecule has 0 radical (unpaired) electrons. The molecule has 228 valence electrons. The van der Waals surface area contributed by atoms with E-state index in [1.54, 1.807) is 6.20 Å². The van der Waals surface area contributed by atoms with Gasteiger partial charge in [0.25, 0.3) is 5.91 Å². The molecular formula is C36H47N5O2. The highest BCUT2D eigenvalue weighted by Gasteiger charge is 2.27. The van der Waals surface area contributed by atoms with Crippen LogP contribution in [-0.4, -0.2) is 79.0 Å². The Balaban J connectivity index is 1.18. The van der Waals surface area contributed by atoms with Gasteiger partial charge in [0.2, 0.25) is 5.91 Å². The Hall–Kier alpha value is -3.71. The van der Waals surface area contributed by atoms with Crippen molar-refractivity contribution < 1.29 is 9.59 Å². The van der Waals surface area contributed by atoms with E-state index in [-0.39, 0.29) is 17.7 Å². The van der Waals surface area contributed by atoms with Crippen molar-refractivity contribution in [2.24, 2.45) is 5.92 Å². The highest BCUT2D eigenvalue weighted by molar-refractivity contribution is 5.95. The number of benzene rings is 2. The maximum Gasteiger partial charge on any atom is 0.252 e. The van der Waals surface area contributed by atoms with Gasteiger partial charge in [0.15, 0.2) is 0 Å². The standard InChI is InChI=1S/C36H47N5O2/c1-27(2)23-29-11-13-30(14-12-29)28(3)36(43)41-21-19-40(20-22-41)34-10-5-4-9-33(34)31-24-32(26-37-25-31)35(42)38-15-8-18-39-16-6-7-17-39/h4-5,9-14,24-28H,6-8,15-23H2,1-3H3,(H,38,42). The zero-order chi connectivity index (χ0) is 30.2. The third-order valence-corrected chi connectivity index (χ3v) is 8.78. The maximum absolute atomic E-state index is 13.4. The predicted molar refractivity (Wildman–Crippen MR) is 174 cm³/mol. The van der Waals surface area contributed by atoms with Crippen LogP contribution in [0.5, 0.6) is 0 Å². The average molecular weight is 582 g/mol. The summed E-state index contributed by atoms with van der Waals surface area (Å²) >= 11 is 0. The number of para-hydroxylation sites is 1. The van der Waals surface area contributed by atoms with Crippen LogP contribution in [0.25, 0.3) is 11.1 Å². The summed E-state index contributed by atoms with van der Waals surface area (Å²) < 4.78 is 0. The lowest BCUT2D eigenvalue weighted by Crippen LogP contribution is -2.50. The molecule has 0 spiro atoms. The van der Waals surface area contributed by atoms with Gasteiger partial charge in [-0.1, -0.05) is 56.3 Å². The van der Waals surface area contributed by atoms with Crippen molar-refractivity contribution in [1.29, 1.82) is 0 Å². The van der Waals surface area contributed by atoms with Crippen LogP contribution in [0, 0.1) is 5.92 Å². The highest BCUT2D eigenvalue weighted by Crippen LogP contribution is 2.32. The van der Waals surface area contributed by atoms with Gasteiger partial charge >= 0.3 is 0 Å². The summed E-state index contributed by atoms with van der Waals surface area (Å²) in [5.74, 6) is 0.564. The molecule has 1 atom stereocenters. The second-order valence-corrected chi connectivity index (χ2v) is 12.5. The monoisotopic (exact) mass is 581 g/mol. The Morgan fingerprint density at radius 3 is 2.33 bits per heavy atom. The van der Waals surface area contributed by atoms with Crippen LogP contribution in [0.1, 0.15) is 67.4 Å². The number of rotatable bonds is 11. The minimum absolute atomic E-state index is 0.0796. The number of carbonyl (C=O) groups excluding carboxylic acids is 2. The molecule has 2 fully saturated rings. The van der Waals surface area contributed by atoms with Crippen molar-refractivity contribution in [1.82, 2.24) is 20.1 Å². The Morgan fingerprint density at radius 2 is 1.60 bits per heavy atom. The third kappa shape index (κ3) is 8.02. The predicted octanol–water partition coefficient (Wildman–Crippen LogP) is 5.62. The molecule has 0 aliphatic carbocycles. The summed E-state index contributed by atoms with van der Waals surface area (Å²) in [6, 6.07) is 18.8. The molecule has 2 aromatic carbocycles. The number of likely N-dealkylation sites (tertiary alicyclic amines) is 1. The Morgan fingerprint density at radius 1 is 0.884 bits per heavy atom. The number of pyridine rings is 1. The van der Waals surface area contributed by atoms with E-state index < -0.39 is 0 Å². The number of carbonyl (C=O) groups is 2. The molecule has 2 amide bonds. The summed E-state index contributed by atoms with van der Waals surface area (Å²) in [5.41, 5.74) is 6.05. The van der Waals surface area contributed by atoms with Gasteiger partial charge in [0, 0.05) is 61.9 Å². The van der Waals surface area contributed by atoms with Crippen molar-refractivity contribution in [2.45, 2.75) is 52.4 Å². The van der Waals surface area contributed by atoms with E-state index in [9.17, 15) is 9.59 Å². The van der Waals surface area contributed by atoms with Crippen LogP contribution in [0.3, 0.4) is 0 Å². The summed E-state index contributed by atoms with van der Waals surface area (Å²) in [7, 11) is 0. The van der Waals surface area contributed by atoms with Crippen LogP contribution < -0.4 is 10.2 Å². The van der Waals surface area contributed by atoms with Crippen LogP contribution in [0.4, 0.5) is 5.69 Å². The van der Waals surface area contributed by atoms with Gasteiger partial charge in [0.1, 0.15) is 0 Å². The zero-order valence-corrected chi connectivity index (χ0v) is 26.1. The second kappa shape index (κ2) is 14.6. The van der Waals surface area contributed by atoms with Crippen molar-refractivity contribution in [3.05, 3.63) is 83.7 Å². The normalized spacial score (nSPS) is 16.5. The van der Waals surface area contributed by atoms with Gasteiger partial charge in [-0.15, -0.1) is 0 Å². The van der Waals surface area contributed by atoms with Crippen molar-refractivity contribution in [2.75, 3.05) is 57.3 Å². The highest BCUT2D eigenvalue weighted by atomic mass is 16.2. The molecule has 1 aromatic heterocycles. The van der Waals surface area contributed by atoms with Gasteiger partial charge in [-0.05, 0) is 81.4 Å². The lowest BCUT2D eigenvalue weighted by Gasteiger charge is -2.38. The molecule has 43 heavy (non-hydrogen) atoms. The first-order valence-corrected chi connectivity index (χ1v) is 16.1. The van der Waals surface area contributed by atoms with Crippen LogP contribution >= 0.6 is 0 Å². The summed E-state index contributed by atoms with van der Waals surface area (Å²) in [6.07, 6.45) is 8.06. The molecule has 2 aliphatic heterocycles. The number of nitrogens with one attached hydrogen (secondary N) is 1. The Kier molecular flexibility index (Phi) is 10.5. The quantitative estimate of drug-likeness (QED) is 0.298. The molecule has 5 rings (SSSR count). The summed E-state index contributed by atoms with van der Waals surface area (Å²) in [6.45, 7) is 13.4. The first kappa shape index (κ1) is 30.7. The third-order valence-electron chi connectivity index (χ3n) is 8.78. The van der Waals surface area contributed by atoms with E-state index in [0.717, 1.165) is 54.9 Å². The van der Waals surface area contributed by atoms with E-state index in [1.165, 1.54) is 31.5 Å². The minimum atomic E-state index is -0.160. The van der Waals surface area contributed by atoms with Gasteiger partial charge in [-0.25, -0.2) is 0 Å². The molecule has 3 heterocycles. The van der Waals surface area contributed by atoms with Crippen molar-refractivity contribution >= 4 is 17.5 Å². The van der Waals surface area contributed by atoms with Gasteiger partial charge < -0.3 is 20.0 Å². The summed E-state index contributed by atoms with van der Waals surface area (Å²) in [5, 5.41) is 3.07. The fourth-order valence-corrected chi connectivity index (χ4v) is 6.32. The van der Waals surface area contributed by atoms with E-state index in [1.807, 2.05) is 36.2 Å². The van der Waals surface area contributed by atoms with Crippen molar-refractivity contribution in [3.8, 4) is 11.1 Å². The lowest BCUT2D eigenvalue weighted by atomic mass is 9.95. The molecule has 0 bridgehead atoms. The van der Waals surface area contributed by atoms with Crippen LogP contribution in [0.15, 0.2) is 67.0 Å². The molecule has 2 aliphatic rings. The number of nitrogens with zero attached hydrogens (tertiary/aromatic N) is 4. The Bertz CT molecular complexity index is 1360. The molecule has 2 saturated heterocycles. The van der Waals surface area contributed by atoms with E-state index in [2.05, 4.69) is 70.3 Å². The first-order valence-electron chi connectivity index (χ1n) is 16.1. The van der Waals surface area contributed by atoms with Crippen molar-refractivity contribution in [3.63, 3.8) is 0 Å². The zero-order valence-electron chi connectivity index (χ0n) is 26.1. The van der Waals surface area contributed by atoms with E-state index >= 15 is 0 Å². The SMILES string of the molecule is CC(C)Cc1ccc(C(C)C(=O)N2CCN(c3ccccc3-c3cncc(C(=O)NCCCN4CCCC4)c3)CC2)cc1. The molecule has 0 saturated carbocycles. The molecule has 3 aromatic rings. The van der Waals surface area contributed by atoms with E-state index in [4.69, 9.17) is 0 Å². The number of aromatic nitrogens is 1. The van der Waals surface area contributed by atoms with Crippen LogP contribution in [-0.2, 0) is 11.2 Å². The molecule has 7 nitrogen and oxygen atoms in total. The van der Waals surface area contributed by atoms with Crippen LogP contribution in [0.2, 0.25) is 0 Å². The fraction of sp³-hybridized carbons (Fsp3) is 0.472. The number of piperazine rings is 1. The maximum atomic E-state index is 13.4. The topological polar surface area (TPSA) is 68.8 Å². The Labute approximate surface area is 257 Å². The largest absolute Gasteiger partial charge is 0.367 e. The van der Waals surface area contributed by atoms with Gasteiger partial charge in [-0.3, -0.25) is 14.6 Å². The average Bonchev–Trinajstić information content (AvgIpc) is 3.56. The summed E-state index contributed by atoms with van der Waals surface area (Å²) in [4.78, 5) is 37.6. The fourth-order valence-electron chi connectivity index (χ4n) is 6.32. The second-order valence-electron chi connectivity index (χ2n) is 12.5. The molecule has 7 heteroatoms. The minimum Gasteiger partial charge on any atom is -0.367 e.